The topological polar surface area (TPSA) is 26.5 Å². The van der Waals surface area contributed by atoms with E-state index in [1.54, 1.807) is 0 Å². The van der Waals surface area contributed by atoms with Crippen molar-refractivity contribution in [1.82, 2.24) is 4.57 Å². The van der Waals surface area contributed by atoms with Gasteiger partial charge in [0, 0.05) is 29.4 Å². The second kappa shape index (κ2) is 6.97. The molecule has 0 saturated carbocycles. The Hall–Kier alpha value is -2.81. The van der Waals surface area contributed by atoms with E-state index >= 15 is 0 Å². The molecule has 3 heteroatoms. The maximum Gasteiger partial charge on any atom is 0.144 e. The van der Waals surface area contributed by atoms with Gasteiger partial charge < -0.3 is 9.30 Å². The second-order valence-corrected chi connectivity index (χ2v) is 5.28. The molecule has 0 saturated heterocycles. The van der Waals surface area contributed by atoms with Gasteiger partial charge in [-0.05, 0) is 44.2 Å². The Bertz CT molecular complexity index is 804. The van der Waals surface area contributed by atoms with Crippen molar-refractivity contribution in [2.75, 3.05) is 6.61 Å². The first-order valence-electron chi connectivity index (χ1n) is 7.78. The van der Waals surface area contributed by atoms with Crippen LogP contribution in [0.15, 0.2) is 71.9 Å². The molecule has 0 aliphatic heterocycles. The number of hydrogen-bond donors (Lipinski definition) is 0. The van der Waals surface area contributed by atoms with Gasteiger partial charge in [-0.15, -0.1) is 0 Å². The summed E-state index contributed by atoms with van der Waals surface area (Å²) in [5.74, 6) is 0.811. The van der Waals surface area contributed by atoms with Crippen molar-refractivity contribution in [2.24, 2.45) is 4.99 Å². The average Bonchev–Trinajstić information content (AvgIpc) is 2.96. The van der Waals surface area contributed by atoms with Crippen LogP contribution in [0.4, 0.5) is 5.69 Å². The number of ether oxygens (including phenoxy) is 1. The summed E-state index contributed by atoms with van der Waals surface area (Å²) in [5.41, 5.74) is 4.24. The first-order valence-corrected chi connectivity index (χ1v) is 7.78. The van der Waals surface area contributed by atoms with Gasteiger partial charge in [-0.3, -0.25) is 4.99 Å². The number of para-hydroxylation sites is 3. The van der Waals surface area contributed by atoms with E-state index in [0.717, 1.165) is 22.7 Å². The Morgan fingerprint density at radius 1 is 1.04 bits per heavy atom. The highest BCUT2D eigenvalue weighted by atomic mass is 16.5. The number of hydrogen-bond acceptors (Lipinski definition) is 2. The van der Waals surface area contributed by atoms with Crippen LogP contribution in [0.3, 0.4) is 0 Å². The monoisotopic (exact) mass is 304 g/mol. The lowest BCUT2D eigenvalue weighted by molar-refractivity contribution is 0.341. The minimum atomic E-state index is 0.635. The van der Waals surface area contributed by atoms with E-state index in [4.69, 9.17) is 4.74 Å². The molecular formula is C20H20N2O. The largest absolute Gasteiger partial charge is 0.492 e. The highest BCUT2D eigenvalue weighted by molar-refractivity contribution is 5.83. The molecule has 0 spiro atoms. The standard InChI is InChI=1S/C20H20N2O/c1-3-23-20-12-8-7-11-19(20)21-14-17-13-16(2)22(15-17)18-9-5-4-6-10-18/h4-15H,3H2,1-2H3. The number of aryl methyl sites for hydroxylation is 1. The molecule has 1 aromatic heterocycles. The third-order valence-electron chi connectivity index (χ3n) is 3.59. The van der Waals surface area contributed by atoms with Crippen LogP contribution in [0, 0.1) is 6.92 Å². The van der Waals surface area contributed by atoms with E-state index in [9.17, 15) is 0 Å². The summed E-state index contributed by atoms with van der Waals surface area (Å²) >= 11 is 0. The summed E-state index contributed by atoms with van der Waals surface area (Å²) in [4.78, 5) is 4.58. The SMILES string of the molecule is CCOc1ccccc1N=Cc1cc(C)n(-c2ccccc2)c1. The molecule has 1 heterocycles. The van der Waals surface area contributed by atoms with Crippen molar-refractivity contribution in [3.8, 4) is 11.4 Å². The fourth-order valence-electron chi connectivity index (χ4n) is 2.52. The fraction of sp³-hybridized carbons (Fsp3) is 0.150. The summed E-state index contributed by atoms with van der Waals surface area (Å²) < 4.78 is 7.77. The lowest BCUT2D eigenvalue weighted by Crippen LogP contribution is -1.93. The Morgan fingerprint density at radius 3 is 2.57 bits per heavy atom. The van der Waals surface area contributed by atoms with Crippen LogP contribution in [0.25, 0.3) is 5.69 Å². The van der Waals surface area contributed by atoms with E-state index in [1.165, 1.54) is 5.69 Å². The maximum absolute atomic E-state index is 5.60. The predicted octanol–water partition coefficient (Wildman–Crippen LogP) is 4.94. The number of aliphatic imine (C=N–C) groups is 1. The molecule has 0 N–H and O–H groups in total. The normalized spacial score (nSPS) is 11.0. The van der Waals surface area contributed by atoms with Gasteiger partial charge in [-0.1, -0.05) is 30.3 Å². The van der Waals surface area contributed by atoms with E-state index in [2.05, 4.69) is 40.9 Å². The molecule has 3 aromatic rings. The van der Waals surface area contributed by atoms with Crippen molar-refractivity contribution in [1.29, 1.82) is 0 Å². The Kier molecular flexibility index (Phi) is 4.57. The summed E-state index contributed by atoms with van der Waals surface area (Å²) in [6, 6.07) is 20.3. The average molecular weight is 304 g/mol. The summed E-state index contributed by atoms with van der Waals surface area (Å²) in [6.45, 7) is 4.71. The summed E-state index contributed by atoms with van der Waals surface area (Å²) in [5, 5.41) is 0. The number of benzene rings is 2. The zero-order valence-electron chi connectivity index (χ0n) is 13.4. The first kappa shape index (κ1) is 15.1. The summed E-state index contributed by atoms with van der Waals surface area (Å²) in [6.07, 6.45) is 3.97. The van der Waals surface area contributed by atoms with Crippen LogP contribution in [-0.2, 0) is 0 Å². The molecule has 2 aromatic carbocycles. The molecular weight excluding hydrogens is 284 g/mol. The molecule has 0 bridgehead atoms. The lowest BCUT2D eigenvalue weighted by Gasteiger charge is -2.05. The molecule has 3 nitrogen and oxygen atoms in total. The zero-order valence-corrected chi connectivity index (χ0v) is 13.4. The van der Waals surface area contributed by atoms with Gasteiger partial charge in [0.2, 0.25) is 0 Å². The quantitative estimate of drug-likeness (QED) is 0.613. The minimum absolute atomic E-state index is 0.635. The third-order valence-corrected chi connectivity index (χ3v) is 3.59. The molecule has 0 radical (unpaired) electrons. The second-order valence-electron chi connectivity index (χ2n) is 5.28. The zero-order chi connectivity index (χ0) is 16.1. The van der Waals surface area contributed by atoms with Gasteiger partial charge in [0.1, 0.15) is 11.4 Å². The van der Waals surface area contributed by atoms with E-state index in [-0.39, 0.29) is 0 Å². The van der Waals surface area contributed by atoms with Crippen LogP contribution in [0.2, 0.25) is 0 Å². The molecule has 23 heavy (non-hydrogen) atoms. The van der Waals surface area contributed by atoms with Gasteiger partial charge in [0.25, 0.3) is 0 Å². The Morgan fingerprint density at radius 2 is 1.78 bits per heavy atom. The van der Waals surface area contributed by atoms with Crippen LogP contribution in [-0.4, -0.2) is 17.4 Å². The van der Waals surface area contributed by atoms with Gasteiger partial charge in [0.15, 0.2) is 0 Å². The van der Waals surface area contributed by atoms with Gasteiger partial charge >= 0.3 is 0 Å². The van der Waals surface area contributed by atoms with Gasteiger partial charge in [-0.2, -0.15) is 0 Å². The maximum atomic E-state index is 5.60. The number of nitrogens with zero attached hydrogens (tertiary/aromatic N) is 2. The molecule has 0 amide bonds. The highest BCUT2D eigenvalue weighted by Crippen LogP contribution is 2.26. The molecule has 3 rings (SSSR count). The van der Waals surface area contributed by atoms with E-state index < -0.39 is 0 Å². The molecule has 0 aliphatic carbocycles. The highest BCUT2D eigenvalue weighted by Gasteiger charge is 2.03. The van der Waals surface area contributed by atoms with Crippen molar-refractivity contribution in [3.63, 3.8) is 0 Å². The summed E-state index contributed by atoms with van der Waals surface area (Å²) in [7, 11) is 0. The smallest absolute Gasteiger partial charge is 0.144 e. The molecule has 0 aliphatic rings. The number of rotatable bonds is 5. The van der Waals surface area contributed by atoms with Crippen molar-refractivity contribution >= 4 is 11.9 Å². The van der Waals surface area contributed by atoms with Crippen LogP contribution >= 0.6 is 0 Å². The first-order chi connectivity index (χ1) is 11.3. The van der Waals surface area contributed by atoms with Gasteiger partial charge in [-0.25, -0.2) is 0 Å². The van der Waals surface area contributed by atoms with Crippen molar-refractivity contribution in [3.05, 3.63) is 78.1 Å². The van der Waals surface area contributed by atoms with Crippen LogP contribution in [0.5, 0.6) is 5.75 Å². The van der Waals surface area contributed by atoms with E-state index in [0.29, 0.717) is 6.61 Å². The fourth-order valence-corrected chi connectivity index (χ4v) is 2.52. The molecule has 0 unspecified atom stereocenters. The third kappa shape index (κ3) is 3.51. The number of aromatic nitrogens is 1. The van der Waals surface area contributed by atoms with Crippen molar-refractivity contribution in [2.45, 2.75) is 13.8 Å². The van der Waals surface area contributed by atoms with Crippen LogP contribution in [0.1, 0.15) is 18.2 Å². The predicted molar refractivity (Wildman–Crippen MR) is 95.4 cm³/mol. The Balaban J connectivity index is 1.87. The van der Waals surface area contributed by atoms with E-state index in [1.807, 2.05) is 55.6 Å². The molecule has 0 fully saturated rings. The Labute approximate surface area is 136 Å². The van der Waals surface area contributed by atoms with Crippen molar-refractivity contribution < 1.29 is 4.74 Å². The molecule has 0 atom stereocenters. The minimum Gasteiger partial charge on any atom is -0.492 e. The van der Waals surface area contributed by atoms with Gasteiger partial charge in [0.05, 0.1) is 6.61 Å². The van der Waals surface area contributed by atoms with Crippen LogP contribution < -0.4 is 4.74 Å². The lowest BCUT2D eigenvalue weighted by atomic mass is 10.3. The molecule has 116 valence electrons.